The number of amides is 2. The molecule has 8 heteroatoms. The largest absolute Gasteiger partial charge is 0.378 e. The minimum Gasteiger partial charge on any atom is -0.378 e. The summed E-state index contributed by atoms with van der Waals surface area (Å²) in [6.45, 7) is 6.16. The Balaban J connectivity index is 1.37. The molecule has 154 valence electrons. The van der Waals surface area contributed by atoms with Crippen LogP contribution in [0.15, 0.2) is 24.3 Å². The number of morpholine rings is 1. The molecule has 0 N–H and O–H groups in total. The smallest absolute Gasteiger partial charge is 0.236 e. The van der Waals surface area contributed by atoms with Gasteiger partial charge < -0.3 is 19.4 Å². The van der Waals surface area contributed by atoms with Gasteiger partial charge in [-0.1, -0.05) is 0 Å². The molecule has 2 amide bonds. The summed E-state index contributed by atoms with van der Waals surface area (Å²) in [5.41, 5.74) is 0.981. The quantitative estimate of drug-likeness (QED) is 0.712. The molecule has 1 aromatic carbocycles. The van der Waals surface area contributed by atoms with Crippen molar-refractivity contribution in [1.82, 2.24) is 14.7 Å². The molecule has 0 spiro atoms. The Morgan fingerprint density at radius 3 is 2.21 bits per heavy atom. The average molecular weight is 392 g/mol. The van der Waals surface area contributed by atoms with Crippen molar-refractivity contribution in [3.8, 4) is 0 Å². The highest BCUT2D eigenvalue weighted by Gasteiger charge is 2.22. The van der Waals surface area contributed by atoms with E-state index in [2.05, 4.69) is 4.90 Å². The summed E-state index contributed by atoms with van der Waals surface area (Å²) in [5.74, 6) is -0.0376. The van der Waals surface area contributed by atoms with E-state index in [0.717, 1.165) is 18.8 Å². The summed E-state index contributed by atoms with van der Waals surface area (Å²) in [6, 6.07) is 6.46. The molecule has 2 heterocycles. The van der Waals surface area contributed by atoms with Crippen LogP contribution in [0.3, 0.4) is 0 Å². The number of hydrogen-bond donors (Lipinski definition) is 0. The first-order chi connectivity index (χ1) is 13.5. The molecule has 0 aromatic heterocycles. The van der Waals surface area contributed by atoms with Crippen molar-refractivity contribution in [2.75, 3.05) is 77.5 Å². The van der Waals surface area contributed by atoms with Crippen molar-refractivity contribution in [2.24, 2.45) is 0 Å². The minimum absolute atomic E-state index is 0.0890. The number of carbonyl (C=O) groups excluding carboxylic acids is 2. The molecular weight excluding hydrogens is 363 g/mol. The molecule has 2 aliphatic heterocycles. The Labute approximate surface area is 165 Å². The number of nitrogens with zero attached hydrogens (tertiary/aromatic N) is 4. The van der Waals surface area contributed by atoms with Crippen molar-refractivity contribution in [3.63, 3.8) is 0 Å². The van der Waals surface area contributed by atoms with E-state index in [-0.39, 0.29) is 17.6 Å². The van der Waals surface area contributed by atoms with E-state index in [0.29, 0.717) is 58.9 Å². The number of ether oxygens (including phenoxy) is 1. The summed E-state index contributed by atoms with van der Waals surface area (Å²) in [4.78, 5) is 32.5. The number of carbonyl (C=O) groups is 2. The van der Waals surface area contributed by atoms with Gasteiger partial charge in [-0.25, -0.2) is 4.39 Å². The second-order valence-electron chi connectivity index (χ2n) is 7.33. The Morgan fingerprint density at radius 1 is 0.964 bits per heavy atom. The van der Waals surface area contributed by atoms with Crippen LogP contribution in [0, 0.1) is 5.82 Å². The van der Waals surface area contributed by atoms with E-state index in [1.807, 2.05) is 21.7 Å². The molecule has 0 radical (unpaired) electrons. The minimum atomic E-state index is -0.242. The van der Waals surface area contributed by atoms with Gasteiger partial charge in [0.15, 0.2) is 0 Å². The summed E-state index contributed by atoms with van der Waals surface area (Å²) in [5, 5.41) is 0. The van der Waals surface area contributed by atoms with Gasteiger partial charge in [-0.05, 0) is 31.3 Å². The molecule has 0 bridgehead atoms. The van der Waals surface area contributed by atoms with E-state index >= 15 is 0 Å². The lowest BCUT2D eigenvalue weighted by atomic mass is 10.2. The first-order valence-corrected chi connectivity index (χ1v) is 9.85. The van der Waals surface area contributed by atoms with Gasteiger partial charge in [0, 0.05) is 57.9 Å². The molecule has 2 saturated heterocycles. The van der Waals surface area contributed by atoms with Gasteiger partial charge in [-0.15, -0.1) is 0 Å². The van der Waals surface area contributed by atoms with E-state index in [1.165, 1.54) is 12.1 Å². The monoisotopic (exact) mass is 392 g/mol. The number of rotatable bonds is 6. The van der Waals surface area contributed by atoms with Crippen LogP contribution in [-0.2, 0) is 14.3 Å². The predicted octanol–water partition coefficient (Wildman–Crippen LogP) is 0.655. The number of likely N-dealkylation sites (N-methyl/N-ethyl adjacent to an activating group) is 1. The topological polar surface area (TPSA) is 56.3 Å². The van der Waals surface area contributed by atoms with Crippen molar-refractivity contribution >= 4 is 17.5 Å². The fourth-order valence-corrected chi connectivity index (χ4v) is 3.53. The Bertz CT molecular complexity index is 656. The van der Waals surface area contributed by atoms with Crippen molar-refractivity contribution in [2.45, 2.75) is 6.42 Å². The number of halogens is 1. The SMILES string of the molecule is CN(CCC(=O)N1CCN(c2ccc(F)cc2)CC1)CC(=O)N1CCOCC1. The first kappa shape index (κ1) is 20.5. The van der Waals surface area contributed by atoms with Crippen LogP contribution < -0.4 is 4.90 Å². The Morgan fingerprint density at radius 2 is 1.57 bits per heavy atom. The molecule has 1 aromatic rings. The van der Waals surface area contributed by atoms with Gasteiger partial charge in [0.2, 0.25) is 11.8 Å². The Kier molecular flexibility index (Phi) is 7.22. The van der Waals surface area contributed by atoms with Crippen molar-refractivity contribution < 1.29 is 18.7 Å². The van der Waals surface area contributed by atoms with Gasteiger partial charge in [0.25, 0.3) is 0 Å². The molecule has 2 aliphatic rings. The van der Waals surface area contributed by atoms with Crippen molar-refractivity contribution in [3.05, 3.63) is 30.1 Å². The van der Waals surface area contributed by atoms with Crippen LogP contribution in [-0.4, -0.2) is 99.1 Å². The fraction of sp³-hybridized carbons (Fsp3) is 0.600. The zero-order valence-electron chi connectivity index (χ0n) is 16.5. The first-order valence-electron chi connectivity index (χ1n) is 9.85. The second-order valence-corrected chi connectivity index (χ2v) is 7.33. The molecule has 28 heavy (non-hydrogen) atoms. The highest BCUT2D eigenvalue weighted by molar-refractivity contribution is 5.79. The highest BCUT2D eigenvalue weighted by atomic mass is 19.1. The third-order valence-corrected chi connectivity index (χ3v) is 5.30. The van der Waals surface area contributed by atoms with Gasteiger partial charge in [0.05, 0.1) is 19.8 Å². The van der Waals surface area contributed by atoms with Gasteiger partial charge in [0.1, 0.15) is 5.82 Å². The fourth-order valence-electron chi connectivity index (χ4n) is 3.53. The third kappa shape index (κ3) is 5.65. The summed E-state index contributed by atoms with van der Waals surface area (Å²) in [6.07, 6.45) is 0.406. The second kappa shape index (κ2) is 9.84. The molecule has 2 fully saturated rings. The zero-order chi connectivity index (χ0) is 19.9. The summed E-state index contributed by atoms with van der Waals surface area (Å²) < 4.78 is 18.3. The van der Waals surface area contributed by atoms with E-state index < -0.39 is 0 Å². The lowest BCUT2D eigenvalue weighted by molar-refractivity contribution is -0.137. The van der Waals surface area contributed by atoms with Crippen LogP contribution in [0.1, 0.15) is 6.42 Å². The Hall–Kier alpha value is -2.19. The maximum Gasteiger partial charge on any atom is 0.236 e. The standard InChI is InChI=1S/C20H29FN4O3/c1-22(16-20(27)25-12-14-28-15-13-25)7-6-19(26)24-10-8-23(9-11-24)18-4-2-17(21)3-5-18/h2-5H,6-16H2,1H3. The van der Waals surface area contributed by atoms with Crippen molar-refractivity contribution in [1.29, 1.82) is 0 Å². The number of piperazine rings is 1. The summed E-state index contributed by atoms with van der Waals surface area (Å²) in [7, 11) is 1.87. The van der Waals surface area contributed by atoms with Crippen LogP contribution in [0.25, 0.3) is 0 Å². The molecule has 0 saturated carbocycles. The maximum atomic E-state index is 13.1. The van der Waals surface area contributed by atoms with Gasteiger partial charge in [-0.3, -0.25) is 14.5 Å². The van der Waals surface area contributed by atoms with Gasteiger partial charge in [-0.2, -0.15) is 0 Å². The van der Waals surface area contributed by atoms with E-state index in [1.54, 1.807) is 12.1 Å². The third-order valence-electron chi connectivity index (χ3n) is 5.30. The van der Waals surface area contributed by atoms with E-state index in [4.69, 9.17) is 4.74 Å². The number of benzene rings is 1. The number of hydrogen-bond acceptors (Lipinski definition) is 5. The molecular formula is C20H29FN4O3. The molecule has 0 atom stereocenters. The molecule has 0 unspecified atom stereocenters. The average Bonchev–Trinajstić information content (AvgIpc) is 2.73. The molecule has 3 rings (SSSR count). The lowest BCUT2D eigenvalue weighted by Gasteiger charge is -2.36. The molecule has 7 nitrogen and oxygen atoms in total. The normalized spacial score (nSPS) is 17.9. The maximum absolute atomic E-state index is 13.1. The zero-order valence-corrected chi connectivity index (χ0v) is 16.5. The molecule has 0 aliphatic carbocycles. The van der Waals surface area contributed by atoms with Gasteiger partial charge >= 0.3 is 0 Å². The van der Waals surface area contributed by atoms with Crippen LogP contribution >= 0.6 is 0 Å². The van der Waals surface area contributed by atoms with Crippen LogP contribution in [0.4, 0.5) is 10.1 Å². The predicted molar refractivity (Wildman–Crippen MR) is 105 cm³/mol. The van der Waals surface area contributed by atoms with Crippen LogP contribution in [0.2, 0.25) is 0 Å². The highest BCUT2D eigenvalue weighted by Crippen LogP contribution is 2.17. The lowest BCUT2D eigenvalue weighted by Crippen LogP contribution is -2.49. The van der Waals surface area contributed by atoms with E-state index in [9.17, 15) is 14.0 Å². The number of anilines is 1. The van der Waals surface area contributed by atoms with Crippen LogP contribution in [0.5, 0.6) is 0 Å². The summed E-state index contributed by atoms with van der Waals surface area (Å²) >= 11 is 0.